The highest BCUT2D eigenvalue weighted by Crippen LogP contribution is 2.44. The van der Waals surface area contributed by atoms with E-state index in [1.54, 1.807) is 24.3 Å². The second-order valence-corrected chi connectivity index (χ2v) is 14.6. The molecule has 5 rings (SSSR count). The first-order valence-electron chi connectivity index (χ1n) is 15.8. The Bertz CT molecular complexity index is 2150. The minimum Gasteiger partial charge on any atom is -0.493 e. The molecule has 1 aromatic heterocycles. The van der Waals surface area contributed by atoms with Crippen molar-refractivity contribution in [2.75, 3.05) is 31.8 Å². The maximum absolute atomic E-state index is 16.0. The van der Waals surface area contributed by atoms with Crippen LogP contribution < -0.4 is 20.5 Å². The second-order valence-electron chi connectivity index (χ2n) is 12.1. The summed E-state index contributed by atoms with van der Waals surface area (Å²) in [5, 5.41) is 3.24. The molecule has 1 amide bonds. The second kappa shape index (κ2) is 14.7. The third-order valence-electron chi connectivity index (χ3n) is 8.74. The van der Waals surface area contributed by atoms with E-state index in [1.807, 2.05) is 0 Å². The number of hydrogen-bond acceptors (Lipinski definition) is 11. The van der Waals surface area contributed by atoms with Gasteiger partial charge >= 0.3 is 18.1 Å². The van der Waals surface area contributed by atoms with Crippen molar-refractivity contribution in [1.29, 1.82) is 0 Å². The number of fused-ring (bicyclic) bond motifs is 1. The predicted molar refractivity (Wildman–Crippen MR) is 181 cm³/mol. The molecule has 0 aliphatic carbocycles. The van der Waals surface area contributed by atoms with Crippen molar-refractivity contribution in [3.8, 4) is 11.5 Å². The molecule has 0 saturated carbocycles. The molecule has 12 nitrogen and oxygen atoms in total. The molecule has 52 heavy (non-hydrogen) atoms. The Kier molecular flexibility index (Phi) is 10.6. The number of nitrogens with one attached hydrogen (secondary N) is 1. The van der Waals surface area contributed by atoms with Crippen LogP contribution in [0.4, 0.5) is 29.1 Å². The molecule has 1 aliphatic heterocycles. The highest BCUT2D eigenvalue weighted by atomic mass is 32.2. The minimum atomic E-state index is -5.52. The molecule has 276 valence electrons. The summed E-state index contributed by atoms with van der Waals surface area (Å²) in [6.07, 6.45) is -4.38. The van der Waals surface area contributed by atoms with E-state index >= 15 is 4.39 Å². The van der Waals surface area contributed by atoms with Gasteiger partial charge in [0.25, 0.3) is 0 Å². The van der Waals surface area contributed by atoms with Crippen LogP contribution in [0, 0.1) is 11.7 Å². The molecule has 0 radical (unpaired) electrons. The number of benzene rings is 3. The Balaban J connectivity index is 1.68. The molecular formula is C35H34F4N4O8S. The maximum atomic E-state index is 16.0. The van der Waals surface area contributed by atoms with Gasteiger partial charge < -0.3 is 30.2 Å². The lowest BCUT2D eigenvalue weighted by atomic mass is 9.93. The summed E-state index contributed by atoms with van der Waals surface area (Å²) in [6, 6.07) is 10.9. The number of rotatable bonds is 10. The summed E-state index contributed by atoms with van der Waals surface area (Å²) >= 11 is 0. The molecule has 2 heterocycles. The van der Waals surface area contributed by atoms with Crippen molar-refractivity contribution in [2.45, 2.75) is 48.7 Å². The Morgan fingerprint density at radius 3 is 2.33 bits per heavy atom. The first-order chi connectivity index (χ1) is 24.5. The Labute approximate surface area is 295 Å². The van der Waals surface area contributed by atoms with Gasteiger partial charge in [-0.05, 0) is 67.6 Å². The Hall–Kier alpha value is -5.45. The number of nitrogens with two attached hydrogens (primary N) is 1. The van der Waals surface area contributed by atoms with Crippen LogP contribution in [0.15, 0.2) is 71.8 Å². The van der Waals surface area contributed by atoms with E-state index in [-0.39, 0.29) is 46.3 Å². The number of pyridine rings is 1. The summed E-state index contributed by atoms with van der Waals surface area (Å²) in [4.78, 5) is 44.7. The van der Waals surface area contributed by atoms with Gasteiger partial charge in [-0.3, -0.25) is 9.59 Å². The van der Waals surface area contributed by atoms with E-state index in [9.17, 15) is 36.0 Å². The number of likely N-dealkylation sites (tertiary alicyclic amines) is 1. The zero-order valence-electron chi connectivity index (χ0n) is 28.2. The molecule has 1 aliphatic rings. The smallest absolute Gasteiger partial charge is 0.491 e. The number of halogens is 4. The van der Waals surface area contributed by atoms with Crippen molar-refractivity contribution in [1.82, 2.24) is 9.88 Å². The minimum absolute atomic E-state index is 0.00707. The standard InChI is InChI=1S/C35H34F4N4O8S/c1-18(2)52(47,48)28-8-6-5-7-22(28)30-23(33(45)51-34(46)35(37,38)39)12-14-43(30)32(44)29(24-16-26(49-3)27(50-4)17-25(24)36)42-20-9-10-21-19(15-20)11-13-41-31(21)40/h5-11,13,15-18,23,29-30,42H,12,14H2,1-4H3,(H2,40,41)/t23?,29-,30?/m1/s1. The van der Waals surface area contributed by atoms with Crippen molar-refractivity contribution in [2.24, 2.45) is 5.92 Å². The van der Waals surface area contributed by atoms with E-state index < -0.39 is 62.9 Å². The zero-order chi connectivity index (χ0) is 38.1. The van der Waals surface area contributed by atoms with Crippen LogP contribution in [0.25, 0.3) is 10.8 Å². The molecule has 3 aromatic carbocycles. The molecule has 1 saturated heterocycles. The van der Waals surface area contributed by atoms with Crippen molar-refractivity contribution >= 4 is 50.0 Å². The first-order valence-corrected chi connectivity index (χ1v) is 17.3. The number of methoxy groups -OCH3 is 2. The predicted octanol–water partition coefficient (Wildman–Crippen LogP) is 5.53. The van der Waals surface area contributed by atoms with Crippen LogP contribution in [-0.2, 0) is 29.0 Å². The van der Waals surface area contributed by atoms with Crippen LogP contribution in [0.2, 0.25) is 0 Å². The number of esters is 2. The SMILES string of the molecule is COc1cc(F)c([C@@H](Nc2ccc3c(N)nccc3c2)C(=O)N2CCC(C(=O)OC(=O)C(F)(F)F)C2c2ccccc2S(=O)(=O)C(C)C)cc1OC. The molecule has 17 heteroatoms. The number of carbonyl (C=O) groups is 3. The fourth-order valence-corrected chi connectivity index (χ4v) is 7.41. The normalized spacial score (nSPS) is 16.8. The first kappa shape index (κ1) is 37.8. The number of amides is 1. The van der Waals surface area contributed by atoms with Gasteiger partial charge in [-0.25, -0.2) is 22.6 Å². The Morgan fingerprint density at radius 2 is 1.67 bits per heavy atom. The molecule has 0 bridgehead atoms. The van der Waals surface area contributed by atoms with Gasteiger partial charge in [-0.2, -0.15) is 13.2 Å². The fraction of sp³-hybridized carbons (Fsp3) is 0.314. The molecule has 3 atom stereocenters. The fourth-order valence-electron chi connectivity index (χ4n) is 6.12. The third kappa shape index (κ3) is 7.30. The summed E-state index contributed by atoms with van der Waals surface area (Å²) in [6.45, 7) is 2.49. The molecular weight excluding hydrogens is 712 g/mol. The van der Waals surface area contributed by atoms with Crippen LogP contribution >= 0.6 is 0 Å². The van der Waals surface area contributed by atoms with Crippen LogP contribution in [0.1, 0.15) is 43.5 Å². The zero-order valence-corrected chi connectivity index (χ0v) is 29.0. The topological polar surface area (TPSA) is 167 Å². The lowest BCUT2D eigenvalue weighted by Gasteiger charge is -2.33. The summed E-state index contributed by atoms with van der Waals surface area (Å²) in [5.74, 6) is -7.56. The van der Waals surface area contributed by atoms with E-state index in [0.717, 1.165) is 11.0 Å². The highest BCUT2D eigenvalue weighted by Gasteiger charge is 2.50. The van der Waals surface area contributed by atoms with Gasteiger partial charge in [0.05, 0.1) is 36.3 Å². The third-order valence-corrected chi connectivity index (χ3v) is 11.0. The van der Waals surface area contributed by atoms with Crippen LogP contribution in [0.5, 0.6) is 11.5 Å². The quantitative estimate of drug-likeness (QED) is 0.119. The van der Waals surface area contributed by atoms with Gasteiger partial charge in [0.1, 0.15) is 17.7 Å². The van der Waals surface area contributed by atoms with Crippen LogP contribution in [-0.4, -0.2) is 68.3 Å². The molecule has 1 fully saturated rings. The number of carbonyl (C=O) groups excluding carboxylic acids is 3. The average molecular weight is 747 g/mol. The average Bonchev–Trinajstić information content (AvgIpc) is 3.55. The maximum Gasteiger partial charge on any atom is 0.491 e. The lowest BCUT2D eigenvalue weighted by molar-refractivity contribution is -0.203. The summed E-state index contributed by atoms with van der Waals surface area (Å²) in [5.41, 5.74) is 5.94. The van der Waals surface area contributed by atoms with Crippen LogP contribution in [0.3, 0.4) is 0 Å². The summed E-state index contributed by atoms with van der Waals surface area (Å²) in [7, 11) is -1.53. The van der Waals surface area contributed by atoms with E-state index in [0.29, 0.717) is 16.5 Å². The van der Waals surface area contributed by atoms with E-state index in [2.05, 4.69) is 15.0 Å². The number of nitrogen functional groups attached to an aromatic ring is 1. The van der Waals surface area contributed by atoms with Crippen molar-refractivity contribution in [3.05, 3.63) is 83.8 Å². The monoisotopic (exact) mass is 746 g/mol. The number of hydrogen-bond donors (Lipinski definition) is 2. The lowest BCUT2D eigenvalue weighted by Crippen LogP contribution is -2.41. The number of aromatic nitrogens is 1. The molecule has 4 aromatic rings. The highest BCUT2D eigenvalue weighted by molar-refractivity contribution is 7.92. The van der Waals surface area contributed by atoms with Crippen molar-refractivity contribution < 1.29 is 54.6 Å². The van der Waals surface area contributed by atoms with Crippen molar-refractivity contribution in [3.63, 3.8) is 0 Å². The largest absolute Gasteiger partial charge is 0.493 e. The number of ether oxygens (including phenoxy) is 3. The number of alkyl halides is 3. The number of anilines is 2. The van der Waals surface area contributed by atoms with E-state index in [4.69, 9.17) is 15.2 Å². The van der Waals surface area contributed by atoms with Gasteiger partial charge in [-0.1, -0.05) is 18.2 Å². The van der Waals surface area contributed by atoms with Gasteiger partial charge in [0.15, 0.2) is 21.3 Å². The van der Waals surface area contributed by atoms with Gasteiger partial charge in [0.2, 0.25) is 5.91 Å². The van der Waals surface area contributed by atoms with E-state index in [1.165, 1.54) is 64.6 Å². The number of sulfone groups is 1. The molecule has 3 N–H and O–H groups in total. The van der Waals surface area contributed by atoms with Gasteiger partial charge in [0, 0.05) is 35.4 Å². The number of nitrogens with zero attached hydrogens (tertiary/aromatic N) is 2. The summed E-state index contributed by atoms with van der Waals surface area (Å²) < 4.78 is 97.4. The molecule has 2 unspecified atom stereocenters. The van der Waals surface area contributed by atoms with Gasteiger partial charge in [-0.15, -0.1) is 0 Å². The molecule has 0 spiro atoms. The Morgan fingerprint density at radius 1 is 1.00 bits per heavy atom.